The Kier molecular flexibility index (Phi) is 6.67. The summed E-state index contributed by atoms with van der Waals surface area (Å²) in [4.78, 5) is 6.96. The van der Waals surface area contributed by atoms with Gasteiger partial charge in [-0.25, -0.2) is 0 Å². The predicted octanol–water partition coefficient (Wildman–Crippen LogP) is 5.12. The van der Waals surface area contributed by atoms with Gasteiger partial charge in [-0.1, -0.05) is 25.4 Å². The summed E-state index contributed by atoms with van der Waals surface area (Å²) in [6.07, 6.45) is 4.29. The van der Waals surface area contributed by atoms with Gasteiger partial charge in [-0.05, 0) is 70.1 Å². The second-order valence-corrected chi connectivity index (χ2v) is 6.63. The molecule has 4 heteroatoms. The number of halogens is 1. The molecule has 1 atom stereocenters. The molecule has 126 valence electrons. The van der Waals surface area contributed by atoms with E-state index in [1.54, 1.807) is 0 Å². The Morgan fingerprint density at radius 2 is 2.00 bits per heavy atom. The summed E-state index contributed by atoms with van der Waals surface area (Å²) in [7, 11) is 0. The number of hydrogen-bond acceptors (Lipinski definition) is 3. The third-order valence-electron chi connectivity index (χ3n) is 4.42. The van der Waals surface area contributed by atoms with E-state index in [1.807, 2.05) is 24.4 Å². The fourth-order valence-electron chi connectivity index (χ4n) is 2.94. The highest BCUT2D eigenvalue weighted by Crippen LogP contribution is 2.28. The molecule has 1 aromatic carbocycles. The Morgan fingerprint density at radius 1 is 1.26 bits per heavy atom. The number of aryl methyl sites for hydroxylation is 1. The molecule has 1 unspecified atom stereocenters. The van der Waals surface area contributed by atoms with Crippen molar-refractivity contribution < 1.29 is 0 Å². The van der Waals surface area contributed by atoms with E-state index in [0.717, 1.165) is 46.7 Å². The van der Waals surface area contributed by atoms with Crippen LogP contribution in [0.3, 0.4) is 0 Å². The first-order valence-corrected chi connectivity index (χ1v) is 8.96. The number of nitrogens with one attached hydrogen (secondary N) is 1. The lowest BCUT2D eigenvalue weighted by atomic mass is 10.1. The molecule has 1 aromatic heterocycles. The van der Waals surface area contributed by atoms with Gasteiger partial charge in [0.1, 0.15) is 0 Å². The van der Waals surface area contributed by atoms with Crippen LogP contribution in [0.4, 0.5) is 5.69 Å². The lowest BCUT2D eigenvalue weighted by molar-refractivity contribution is 0.295. The number of fused-ring (bicyclic) bond motifs is 1. The summed E-state index contributed by atoms with van der Waals surface area (Å²) >= 11 is 6.17. The van der Waals surface area contributed by atoms with Gasteiger partial charge in [0, 0.05) is 28.3 Å². The molecule has 0 bridgehead atoms. The SMILES string of the molecule is CCN(CC)CCCC(C)Nc1c(C)cnc2ccc(Cl)cc12. The van der Waals surface area contributed by atoms with Crippen LogP contribution in [-0.4, -0.2) is 35.6 Å². The van der Waals surface area contributed by atoms with Crippen molar-refractivity contribution in [3.05, 3.63) is 35.0 Å². The number of rotatable bonds is 8. The molecule has 1 heterocycles. The fourth-order valence-corrected chi connectivity index (χ4v) is 3.11. The molecule has 2 rings (SSSR count). The zero-order valence-corrected chi connectivity index (χ0v) is 15.5. The normalized spacial score (nSPS) is 12.8. The van der Waals surface area contributed by atoms with Crippen LogP contribution < -0.4 is 5.32 Å². The van der Waals surface area contributed by atoms with Gasteiger partial charge >= 0.3 is 0 Å². The molecular formula is C19H28ClN3. The van der Waals surface area contributed by atoms with E-state index in [9.17, 15) is 0 Å². The maximum atomic E-state index is 6.17. The van der Waals surface area contributed by atoms with E-state index < -0.39 is 0 Å². The van der Waals surface area contributed by atoms with Crippen molar-refractivity contribution in [2.75, 3.05) is 25.0 Å². The molecule has 1 N–H and O–H groups in total. The van der Waals surface area contributed by atoms with Crippen molar-refractivity contribution in [3.8, 4) is 0 Å². The second kappa shape index (κ2) is 8.51. The molecule has 3 nitrogen and oxygen atoms in total. The van der Waals surface area contributed by atoms with Crippen molar-refractivity contribution in [1.82, 2.24) is 9.88 Å². The van der Waals surface area contributed by atoms with Gasteiger partial charge in [-0.3, -0.25) is 4.98 Å². The van der Waals surface area contributed by atoms with E-state index >= 15 is 0 Å². The molecule has 2 aromatic rings. The van der Waals surface area contributed by atoms with E-state index in [-0.39, 0.29) is 0 Å². The van der Waals surface area contributed by atoms with E-state index in [1.165, 1.54) is 13.0 Å². The third-order valence-corrected chi connectivity index (χ3v) is 4.65. The molecule has 0 radical (unpaired) electrons. The zero-order valence-electron chi connectivity index (χ0n) is 14.7. The van der Waals surface area contributed by atoms with Gasteiger partial charge in [0.15, 0.2) is 0 Å². The molecule has 0 spiro atoms. The summed E-state index contributed by atoms with van der Waals surface area (Å²) in [6, 6.07) is 6.30. The van der Waals surface area contributed by atoms with Crippen LogP contribution in [0.25, 0.3) is 10.9 Å². The molecule has 0 saturated heterocycles. The average molecular weight is 334 g/mol. The Bertz CT molecular complexity index is 633. The Morgan fingerprint density at radius 3 is 2.70 bits per heavy atom. The first kappa shape index (κ1) is 18.0. The van der Waals surface area contributed by atoms with Crippen LogP contribution in [0.1, 0.15) is 39.2 Å². The molecular weight excluding hydrogens is 306 g/mol. The van der Waals surface area contributed by atoms with Crippen molar-refractivity contribution >= 4 is 28.2 Å². The largest absolute Gasteiger partial charge is 0.382 e. The minimum atomic E-state index is 0.425. The smallest absolute Gasteiger partial charge is 0.0723 e. The summed E-state index contributed by atoms with van der Waals surface area (Å²) < 4.78 is 0. The van der Waals surface area contributed by atoms with Crippen molar-refractivity contribution in [3.63, 3.8) is 0 Å². The molecule has 0 aliphatic heterocycles. The van der Waals surface area contributed by atoms with Crippen LogP contribution in [0.2, 0.25) is 5.02 Å². The minimum absolute atomic E-state index is 0.425. The van der Waals surface area contributed by atoms with Gasteiger partial charge in [0.2, 0.25) is 0 Å². The summed E-state index contributed by atoms with van der Waals surface area (Å²) in [5, 5.41) is 5.53. The van der Waals surface area contributed by atoms with Crippen molar-refractivity contribution in [2.24, 2.45) is 0 Å². The second-order valence-electron chi connectivity index (χ2n) is 6.19. The lowest BCUT2D eigenvalue weighted by Gasteiger charge is -2.21. The topological polar surface area (TPSA) is 28.2 Å². The van der Waals surface area contributed by atoms with Crippen molar-refractivity contribution in [2.45, 2.75) is 46.6 Å². The molecule has 23 heavy (non-hydrogen) atoms. The van der Waals surface area contributed by atoms with Crippen LogP contribution in [0.15, 0.2) is 24.4 Å². The molecule has 0 aliphatic rings. The molecule has 0 saturated carbocycles. The minimum Gasteiger partial charge on any atom is -0.382 e. The van der Waals surface area contributed by atoms with Crippen LogP contribution in [0, 0.1) is 6.92 Å². The van der Waals surface area contributed by atoms with E-state index in [4.69, 9.17) is 11.6 Å². The van der Waals surface area contributed by atoms with Crippen LogP contribution in [-0.2, 0) is 0 Å². The number of pyridine rings is 1. The number of nitrogens with zero attached hydrogens (tertiary/aromatic N) is 2. The lowest BCUT2D eigenvalue weighted by Crippen LogP contribution is -2.25. The highest BCUT2D eigenvalue weighted by atomic mass is 35.5. The van der Waals surface area contributed by atoms with E-state index in [2.05, 4.69) is 42.9 Å². The zero-order chi connectivity index (χ0) is 16.8. The van der Waals surface area contributed by atoms with Gasteiger partial charge in [0.25, 0.3) is 0 Å². The fraction of sp³-hybridized carbons (Fsp3) is 0.526. The van der Waals surface area contributed by atoms with Gasteiger partial charge in [-0.15, -0.1) is 0 Å². The number of anilines is 1. The van der Waals surface area contributed by atoms with E-state index in [0.29, 0.717) is 6.04 Å². The predicted molar refractivity (Wildman–Crippen MR) is 102 cm³/mol. The molecule has 0 fully saturated rings. The van der Waals surface area contributed by atoms with Crippen LogP contribution in [0.5, 0.6) is 0 Å². The Balaban J connectivity index is 2.06. The number of hydrogen-bond donors (Lipinski definition) is 1. The Hall–Kier alpha value is -1.32. The van der Waals surface area contributed by atoms with Crippen LogP contribution >= 0.6 is 11.6 Å². The Labute approximate surface area is 145 Å². The molecule has 0 aliphatic carbocycles. The summed E-state index contributed by atoms with van der Waals surface area (Å²) in [5.41, 5.74) is 3.31. The van der Waals surface area contributed by atoms with Crippen molar-refractivity contribution in [1.29, 1.82) is 0 Å². The average Bonchev–Trinajstić information content (AvgIpc) is 2.54. The first-order valence-electron chi connectivity index (χ1n) is 8.58. The van der Waals surface area contributed by atoms with Gasteiger partial charge < -0.3 is 10.2 Å². The van der Waals surface area contributed by atoms with Gasteiger partial charge in [0.05, 0.1) is 5.52 Å². The quantitative estimate of drug-likeness (QED) is 0.726. The standard InChI is InChI=1S/C19H28ClN3/c1-5-23(6-2)11-7-8-15(4)22-19-14(3)13-21-18-10-9-16(20)12-17(18)19/h9-10,12-13,15H,5-8,11H2,1-4H3,(H,21,22). The monoisotopic (exact) mass is 333 g/mol. The maximum absolute atomic E-state index is 6.17. The third kappa shape index (κ3) is 4.82. The summed E-state index contributed by atoms with van der Waals surface area (Å²) in [5.74, 6) is 0. The van der Waals surface area contributed by atoms with Gasteiger partial charge in [-0.2, -0.15) is 0 Å². The highest BCUT2D eigenvalue weighted by Gasteiger charge is 2.10. The number of benzene rings is 1. The maximum Gasteiger partial charge on any atom is 0.0723 e. The first-order chi connectivity index (χ1) is 11.0. The highest BCUT2D eigenvalue weighted by molar-refractivity contribution is 6.31. The summed E-state index contributed by atoms with van der Waals surface area (Å²) in [6.45, 7) is 12.2. The molecule has 0 amide bonds. The number of aromatic nitrogens is 1.